The molecule has 0 aromatic carbocycles. The van der Waals surface area contributed by atoms with Crippen molar-refractivity contribution >= 4 is 11.6 Å². The highest BCUT2D eigenvalue weighted by molar-refractivity contribution is 6.17. The summed E-state index contributed by atoms with van der Waals surface area (Å²) in [7, 11) is 0. The summed E-state index contributed by atoms with van der Waals surface area (Å²) in [6, 6.07) is 0. The zero-order valence-electron chi connectivity index (χ0n) is 9.66. The average Bonchev–Trinajstić information content (AvgIpc) is 2.21. The number of halogens is 1. The van der Waals surface area contributed by atoms with Gasteiger partial charge >= 0.3 is 0 Å². The van der Waals surface area contributed by atoms with Crippen LogP contribution in [0.15, 0.2) is 0 Å². The van der Waals surface area contributed by atoms with Gasteiger partial charge in [-0.2, -0.15) is 0 Å². The normalized spacial score (nSPS) is 10.7. The number of hydrogen-bond acceptors (Lipinski definition) is 1. The van der Waals surface area contributed by atoms with Crippen molar-refractivity contribution in [3.05, 3.63) is 0 Å². The third-order valence-electron chi connectivity index (χ3n) is 2.49. The summed E-state index contributed by atoms with van der Waals surface area (Å²) in [6.45, 7) is 4.47. The van der Waals surface area contributed by atoms with Crippen molar-refractivity contribution in [2.24, 2.45) is 0 Å². The average molecular weight is 220 g/mol. The summed E-state index contributed by atoms with van der Waals surface area (Å²) in [5.74, 6) is 0.836. The fraction of sp³-hybridized carbons (Fsp3) is 1.00. The summed E-state index contributed by atoms with van der Waals surface area (Å²) in [5, 5.41) is 3.35. The molecule has 0 aliphatic rings. The molecule has 0 spiro atoms. The van der Waals surface area contributed by atoms with Gasteiger partial charge < -0.3 is 5.32 Å². The van der Waals surface area contributed by atoms with E-state index in [-0.39, 0.29) is 0 Å². The van der Waals surface area contributed by atoms with Crippen LogP contribution in [0.3, 0.4) is 0 Å². The molecule has 0 heterocycles. The first-order valence-electron chi connectivity index (χ1n) is 6.18. The molecule has 0 aromatic rings. The Hall–Kier alpha value is 0.250. The minimum Gasteiger partial charge on any atom is -0.317 e. The van der Waals surface area contributed by atoms with Crippen LogP contribution in [0.25, 0.3) is 0 Å². The highest BCUT2D eigenvalue weighted by atomic mass is 35.5. The number of unbranched alkanes of at least 4 members (excludes halogenated alkanes) is 7. The first kappa shape index (κ1) is 14.2. The van der Waals surface area contributed by atoms with Crippen LogP contribution in [0.1, 0.15) is 58.3 Å². The molecule has 2 heteroatoms. The molecule has 1 nitrogen and oxygen atoms in total. The summed E-state index contributed by atoms with van der Waals surface area (Å²) < 4.78 is 0. The van der Waals surface area contributed by atoms with Gasteiger partial charge in [-0.05, 0) is 25.9 Å². The van der Waals surface area contributed by atoms with Crippen LogP contribution in [-0.2, 0) is 0 Å². The molecule has 0 aliphatic heterocycles. The lowest BCUT2D eigenvalue weighted by molar-refractivity contribution is 0.560. The van der Waals surface area contributed by atoms with Crippen LogP contribution in [0.4, 0.5) is 0 Å². The lowest BCUT2D eigenvalue weighted by Crippen LogP contribution is -2.13. The molecule has 0 saturated carbocycles. The van der Waals surface area contributed by atoms with Crippen LogP contribution in [0.2, 0.25) is 0 Å². The smallest absolute Gasteiger partial charge is 0.0223 e. The fourth-order valence-electron chi connectivity index (χ4n) is 1.58. The highest BCUT2D eigenvalue weighted by Gasteiger charge is 1.91. The van der Waals surface area contributed by atoms with Gasteiger partial charge in [0.05, 0.1) is 0 Å². The van der Waals surface area contributed by atoms with Gasteiger partial charge in [0.25, 0.3) is 0 Å². The van der Waals surface area contributed by atoms with Crippen molar-refractivity contribution < 1.29 is 0 Å². The van der Waals surface area contributed by atoms with E-state index >= 15 is 0 Å². The Kier molecular flexibility index (Phi) is 13.5. The van der Waals surface area contributed by atoms with E-state index in [9.17, 15) is 0 Å². The molecule has 0 aromatic heterocycles. The number of nitrogens with one attached hydrogen (secondary N) is 1. The van der Waals surface area contributed by atoms with E-state index in [0.717, 1.165) is 12.4 Å². The van der Waals surface area contributed by atoms with Crippen molar-refractivity contribution in [1.82, 2.24) is 5.32 Å². The third kappa shape index (κ3) is 12.2. The Balaban J connectivity index is 2.78. The predicted molar refractivity (Wildman–Crippen MR) is 66.2 cm³/mol. The third-order valence-corrected chi connectivity index (χ3v) is 2.75. The van der Waals surface area contributed by atoms with E-state index in [1.807, 2.05) is 0 Å². The molecular formula is C12H26ClN. The summed E-state index contributed by atoms with van der Waals surface area (Å²) in [4.78, 5) is 0. The first-order chi connectivity index (χ1) is 6.91. The van der Waals surface area contributed by atoms with Gasteiger partial charge in [0.2, 0.25) is 0 Å². The highest BCUT2D eigenvalue weighted by Crippen LogP contribution is 2.08. The number of rotatable bonds is 11. The number of hydrogen-bond donors (Lipinski definition) is 1. The molecule has 0 bridgehead atoms. The molecule has 0 fully saturated rings. The van der Waals surface area contributed by atoms with Crippen molar-refractivity contribution in [3.63, 3.8) is 0 Å². The summed E-state index contributed by atoms with van der Waals surface area (Å²) in [5.41, 5.74) is 0. The SMILES string of the molecule is CCNCCCCCCCCCCCl. The van der Waals surface area contributed by atoms with E-state index in [1.165, 1.54) is 57.9 Å². The van der Waals surface area contributed by atoms with Crippen LogP contribution in [0.5, 0.6) is 0 Å². The molecular weight excluding hydrogens is 194 g/mol. The Morgan fingerprint density at radius 1 is 0.786 bits per heavy atom. The molecule has 14 heavy (non-hydrogen) atoms. The minimum absolute atomic E-state index is 0.836. The lowest BCUT2D eigenvalue weighted by atomic mass is 10.1. The van der Waals surface area contributed by atoms with Gasteiger partial charge in [0.1, 0.15) is 0 Å². The van der Waals surface area contributed by atoms with Crippen LogP contribution >= 0.6 is 11.6 Å². The van der Waals surface area contributed by atoms with Gasteiger partial charge in [0, 0.05) is 5.88 Å². The quantitative estimate of drug-likeness (QED) is 0.410. The zero-order chi connectivity index (χ0) is 10.5. The Bertz CT molecular complexity index is 84.3. The fourth-order valence-corrected chi connectivity index (χ4v) is 1.77. The van der Waals surface area contributed by atoms with Gasteiger partial charge in [-0.1, -0.05) is 45.4 Å². The van der Waals surface area contributed by atoms with Gasteiger partial charge in [0.15, 0.2) is 0 Å². The van der Waals surface area contributed by atoms with Crippen LogP contribution in [0, 0.1) is 0 Å². The molecule has 0 amide bonds. The Labute approximate surface area is 94.6 Å². The minimum atomic E-state index is 0.836. The Morgan fingerprint density at radius 2 is 1.29 bits per heavy atom. The maximum atomic E-state index is 5.61. The summed E-state index contributed by atoms with van der Waals surface area (Å²) in [6.07, 6.45) is 10.8. The van der Waals surface area contributed by atoms with E-state index in [1.54, 1.807) is 0 Å². The predicted octanol–water partition coefficient (Wildman–Crippen LogP) is 3.96. The zero-order valence-corrected chi connectivity index (χ0v) is 10.4. The van der Waals surface area contributed by atoms with Gasteiger partial charge in [-0.15, -0.1) is 11.6 Å². The van der Waals surface area contributed by atoms with E-state index < -0.39 is 0 Å². The molecule has 0 aliphatic carbocycles. The molecule has 86 valence electrons. The lowest BCUT2D eigenvalue weighted by Gasteiger charge is -2.02. The Morgan fingerprint density at radius 3 is 1.79 bits per heavy atom. The summed E-state index contributed by atoms with van der Waals surface area (Å²) >= 11 is 5.61. The molecule has 0 rings (SSSR count). The van der Waals surface area contributed by atoms with E-state index in [0.29, 0.717) is 0 Å². The van der Waals surface area contributed by atoms with Crippen molar-refractivity contribution in [1.29, 1.82) is 0 Å². The van der Waals surface area contributed by atoms with E-state index in [2.05, 4.69) is 12.2 Å². The van der Waals surface area contributed by atoms with Crippen LogP contribution in [-0.4, -0.2) is 19.0 Å². The second-order valence-electron chi connectivity index (χ2n) is 3.87. The maximum absolute atomic E-state index is 5.61. The molecule has 0 atom stereocenters. The largest absolute Gasteiger partial charge is 0.317 e. The molecule has 0 saturated heterocycles. The molecule has 0 radical (unpaired) electrons. The second kappa shape index (κ2) is 13.2. The monoisotopic (exact) mass is 219 g/mol. The standard InChI is InChI=1S/C12H26ClN/c1-2-14-12-10-8-6-4-3-5-7-9-11-13/h14H,2-12H2,1H3. The van der Waals surface area contributed by atoms with Crippen molar-refractivity contribution in [2.45, 2.75) is 58.3 Å². The van der Waals surface area contributed by atoms with Crippen LogP contribution < -0.4 is 5.32 Å². The first-order valence-corrected chi connectivity index (χ1v) is 6.72. The topological polar surface area (TPSA) is 12.0 Å². The number of alkyl halides is 1. The molecule has 0 unspecified atom stereocenters. The van der Waals surface area contributed by atoms with Gasteiger partial charge in [-0.25, -0.2) is 0 Å². The van der Waals surface area contributed by atoms with Crippen molar-refractivity contribution in [3.8, 4) is 0 Å². The second-order valence-corrected chi connectivity index (χ2v) is 4.25. The maximum Gasteiger partial charge on any atom is 0.0223 e. The van der Waals surface area contributed by atoms with E-state index in [4.69, 9.17) is 11.6 Å². The van der Waals surface area contributed by atoms with Crippen molar-refractivity contribution in [2.75, 3.05) is 19.0 Å². The van der Waals surface area contributed by atoms with Gasteiger partial charge in [-0.3, -0.25) is 0 Å². The molecule has 1 N–H and O–H groups in total.